The minimum Gasteiger partial charge on any atom is -0.296 e. The van der Waals surface area contributed by atoms with Gasteiger partial charge in [0, 0.05) is 10.9 Å². The number of aldehydes is 1. The van der Waals surface area contributed by atoms with E-state index in [1.807, 2.05) is 16.5 Å². The second kappa shape index (κ2) is 6.89. The molecule has 0 atom stereocenters. The maximum absolute atomic E-state index is 11.9. The van der Waals surface area contributed by atoms with Crippen molar-refractivity contribution in [3.63, 3.8) is 0 Å². The fourth-order valence-electron chi connectivity index (χ4n) is 3.21. The van der Waals surface area contributed by atoms with Gasteiger partial charge in [0.2, 0.25) is 0 Å². The highest BCUT2D eigenvalue weighted by Gasteiger charge is 2.18. The summed E-state index contributed by atoms with van der Waals surface area (Å²) in [7, 11) is 0. The van der Waals surface area contributed by atoms with E-state index in [0.29, 0.717) is 5.69 Å². The summed E-state index contributed by atoms with van der Waals surface area (Å²) < 4.78 is 1.97. The lowest BCUT2D eigenvalue weighted by Gasteiger charge is -2.04. The van der Waals surface area contributed by atoms with Gasteiger partial charge in [0.1, 0.15) is 11.4 Å². The summed E-state index contributed by atoms with van der Waals surface area (Å²) in [6.45, 7) is 4.28. The van der Waals surface area contributed by atoms with Crippen molar-refractivity contribution in [2.75, 3.05) is 0 Å². The SMILES string of the molecule is CCc1ccc(-c2nc3scc(-c4ccc(CC)cc4)n3c2C=O)cc1. The standard InChI is InChI=1S/C22H20N2OS/c1-3-15-5-9-17(10-6-15)20-14-26-22-23-21(19(13-25)24(20)22)18-11-7-16(4-2)8-12-18/h5-14H,3-4H2,1-2H3. The summed E-state index contributed by atoms with van der Waals surface area (Å²) >= 11 is 1.56. The van der Waals surface area contributed by atoms with E-state index in [9.17, 15) is 4.79 Å². The Bertz CT molecular complexity index is 1060. The Morgan fingerprint density at radius 3 is 2.04 bits per heavy atom. The molecule has 4 rings (SSSR count). The average molecular weight is 360 g/mol. The summed E-state index contributed by atoms with van der Waals surface area (Å²) in [6, 6.07) is 16.8. The monoisotopic (exact) mass is 360 g/mol. The number of hydrogen-bond donors (Lipinski definition) is 0. The Morgan fingerprint density at radius 1 is 0.923 bits per heavy atom. The molecule has 0 saturated carbocycles. The number of benzene rings is 2. The van der Waals surface area contributed by atoms with Gasteiger partial charge in [-0.15, -0.1) is 11.3 Å². The first-order valence-corrected chi connectivity index (χ1v) is 9.76. The fourth-order valence-corrected chi connectivity index (χ4v) is 4.12. The molecule has 0 saturated heterocycles. The van der Waals surface area contributed by atoms with Crippen LogP contribution in [0.2, 0.25) is 0 Å². The summed E-state index contributed by atoms with van der Waals surface area (Å²) in [5.41, 5.74) is 7.03. The topological polar surface area (TPSA) is 34.4 Å². The Hall–Kier alpha value is -2.72. The van der Waals surface area contributed by atoms with E-state index < -0.39 is 0 Å². The van der Waals surface area contributed by atoms with Gasteiger partial charge in [-0.3, -0.25) is 9.20 Å². The Kier molecular flexibility index (Phi) is 4.43. The molecule has 2 aromatic carbocycles. The maximum Gasteiger partial charge on any atom is 0.195 e. The van der Waals surface area contributed by atoms with Crippen LogP contribution in [-0.4, -0.2) is 15.7 Å². The zero-order valence-corrected chi connectivity index (χ0v) is 15.7. The van der Waals surface area contributed by atoms with Crippen LogP contribution in [0.25, 0.3) is 27.5 Å². The van der Waals surface area contributed by atoms with Crippen LogP contribution in [0.1, 0.15) is 35.5 Å². The van der Waals surface area contributed by atoms with Gasteiger partial charge in [-0.1, -0.05) is 62.4 Å². The van der Waals surface area contributed by atoms with Gasteiger partial charge >= 0.3 is 0 Å². The van der Waals surface area contributed by atoms with Gasteiger partial charge in [-0.25, -0.2) is 4.98 Å². The van der Waals surface area contributed by atoms with E-state index in [1.165, 1.54) is 11.1 Å². The summed E-state index contributed by atoms with van der Waals surface area (Å²) in [5, 5.41) is 2.07. The number of rotatable bonds is 5. The highest BCUT2D eigenvalue weighted by molar-refractivity contribution is 7.15. The van der Waals surface area contributed by atoms with Crippen molar-refractivity contribution in [3.05, 3.63) is 70.7 Å². The molecule has 4 aromatic rings. The molecule has 0 aliphatic heterocycles. The third-order valence-corrected chi connectivity index (χ3v) is 5.63. The van der Waals surface area contributed by atoms with Gasteiger partial charge in [-0.05, 0) is 29.5 Å². The third kappa shape index (κ3) is 2.76. The lowest BCUT2D eigenvalue weighted by atomic mass is 10.1. The molecule has 0 aliphatic rings. The Balaban J connectivity index is 1.86. The van der Waals surface area contributed by atoms with Crippen molar-refractivity contribution in [3.8, 4) is 22.5 Å². The molecule has 0 aliphatic carbocycles. The molecule has 0 radical (unpaired) electrons. The van der Waals surface area contributed by atoms with Gasteiger partial charge in [0.05, 0.1) is 5.69 Å². The summed E-state index contributed by atoms with van der Waals surface area (Å²) in [6.07, 6.45) is 2.93. The van der Waals surface area contributed by atoms with Crippen LogP contribution in [0.3, 0.4) is 0 Å². The van der Waals surface area contributed by atoms with E-state index >= 15 is 0 Å². The highest BCUT2D eigenvalue weighted by atomic mass is 32.1. The Labute approximate surface area is 157 Å². The summed E-state index contributed by atoms with van der Waals surface area (Å²) in [5.74, 6) is 0. The number of aryl methyl sites for hydroxylation is 2. The molecule has 4 heteroatoms. The molecule has 2 heterocycles. The zero-order valence-electron chi connectivity index (χ0n) is 14.9. The van der Waals surface area contributed by atoms with E-state index in [0.717, 1.165) is 46.6 Å². The maximum atomic E-state index is 11.9. The fraction of sp³-hybridized carbons (Fsp3) is 0.182. The molecule has 0 spiro atoms. The van der Waals surface area contributed by atoms with Crippen LogP contribution in [0, 0.1) is 0 Å². The second-order valence-electron chi connectivity index (χ2n) is 6.30. The molecule has 2 aromatic heterocycles. The predicted molar refractivity (Wildman–Crippen MR) is 108 cm³/mol. The number of thiazole rings is 1. The van der Waals surface area contributed by atoms with Crippen LogP contribution in [0.4, 0.5) is 0 Å². The van der Waals surface area contributed by atoms with Crippen molar-refractivity contribution in [1.29, 1.82) is 0 Å². The van der Waals surface area contributed by atoms with Crippen LogP contribution < -0.4 is 0 Å². The van der Waals surface area contributed by atoms with Crippen LogP contribution >= 0.6 is 11.3 Å². The predicted octanol–water partition coefficient (Wildman–Crippen LogP) is 5.67. The average Bonchev–Trinajstić information content (AvgIpc) is 3.27. The minimum absolute atomic E-state index is 0.611. The highest BCUT2D eigenvalue weighted by Crippen LogP contribution is 2.32. The first kappa shape index (κ1) is 16.7. The van der Waals surface area contributed by atoms with Crippen LogP contribution in [0.15, 0.2) is 53.9 Å². The first-order valence-electron chi connectivity index (χ1n) is 8.88. The number of fused-ring (bicyclic) bond motifs is 1. The molecular formula is C22H20N2OS. The minimum atomic E-state index is 0.611. The second-order valence-corrected chi connectivity index (χ2v) is 7.14. The van der Waals surface area contributed by atoms with Crippen molar-refractivity contribution in [2.24, 2.45) is 0 Å². The van der Waals surface area contributed by atoms with E-state index in [-0.39, 0.29) is 0 Å². The van der Waals surface area contributed by atoms with Gasteiger partial charge in [-0.2, -0.15) is 0 Å². The molecule has 0 amide bonds. The molecule has 0 fully saturated rings. The molecule has 130 valence electrons. The first-order chi connectivity index (χ1) is 12.7. The Morgan fingerprint density at radius 2 is 1.50 bits per heavy atom. The lowest BCUT2D eigenvalue weighted by Crippen LogP contribution is -1.94. The van der Waals surface area contributed by atoms with Crippen molar-refractivity contribution < 1.29 is 4.79 Å². The largest absolute Gasteiger partial charge is 0.296 e. The third-order valence-electron chi connectivity index (χ3n) is 4.80. The lowest BCUT2D eigenvalue weighted by molar-refractivity contribution is 0.111. The summed E-state index contributed by atoms with van der Waals surface area (Å²) in [4.78, 5) is 17.5. The van der Waals surface area contributed by atoms with Crippen LogP contribution in [0.5, 0.6) is 0 Å². The molecule has 0 N–H and O–H groups in total. The smallest absolute Gasteiger partial charge is 0.195 e. The zero-order chi connectivity index (χ0) is 18.1. The molecule has 3 nitrogen and oxygen atoms in total. The normalized spacial score (nSPS) is 11.2. The van der Waals surface area contributed by atoms with E-state index in [4.69, 9.17) is 4.98 Å². The number of carbonyl (C=O) groups excluding carboxylic acids is 1. The van der Waals surface area contributed by atoms with Crippen LogP contribution in [-0.2, 0) is 12.8 Å². The van der Waals surface area contributed by atoms with Gasteiger partial charge < -0.3 is 0 Å². The number of aromatic nitrogens is 2. The van der Waals surface area contributed by atoms with Crippen molar-refractivity contribution in [2.45, 2.75) is 26.7 Å². The molecule has 26 heavy (non-hydrogen) atoms. The van der Waals surface area contributed by atoms with E-state index in [2.05, 4.69) is 55.6 Å². The number of imidazole rings is 1. The van der Waals surface area contributed by atoms with Crippen molar-refractivity contribution >= 4 is 22.6 Å². The number of nitrogens with zero attached hydrogens (tertiary/aromatic N) is 2. The van der Waals surface area contributed by atoms with E-state index in [1.54, 1.807) is 11.3 Å². The van der Waals surface area contributed by atoms with Crippen molar-refractivity contribution in [1.82, 2.24) is 9.38 Å². The molecule has 0 bridgehead atoms. The quantitative estimate of drug-likeness (QED) is 0.430. The molecule has 0 unspecified atom stereocenters. The number of carbonyl (C=O) groups is 1. The molecular weight excluding hydrogens is 340 g/mol. The number of hydrogen-bond acceptors (Lipinski definition) is 3. The van der Waals surface area contributed by atoms with Gasteiger partial charge in [0.15, 0.2) is 11.2 Å². The van der Waals surface area contributed by atoms with Gasteiger partial charge in [0.25, 0.3) is 0 Å².